The van der Waals surface area contributed by atoms with Crippen molar-refractivity contribution >= 4 is 5.97 Å². The maximum atomic E-state index is 14.0. The summed E-state index contributed by atoms with van der Waals surface area (Å²) in [5, 5.41) is 0. The normalized spacial score (nSPS) is 27.0. The van der Waals surface area contributed by atoms with Crippen LogP contribution in [0.3, 0.4) is 0 Å². The lowest BCUT2D eigenvalue weighted by molar-refractivity contribution is -0.160. The zero-order valence-electron chi connectivity index (χ0n) is 13.5. The van der Waals surface area contributed by atoms with E-state index in [1.54, 1.807) is 6.07 Å². The quantitative estimate of drug-likeness (QED) is 0.769. The van der Waals surface area contributed by atoms with Crippen LogP contribution in [0.2, 0.25) is 0 Å². The molecule has 1 aromatic carbocycles. The van der Waals surface area contributed by atoms with Gasteiger partial charge >= 0.3 is 5.97 Å². The van der Waals surface area contributed by atoms with E-state index in [4.69, 9.17) is 9.47 Å². The number of rotatable bonds is 2. The summed E-state index contributed by atoms with van der Waals surface area (Å²) in [5.74, 6) is -1.86. The van der Waals surface area contributed by atoms with E-state index < -0.39 is 23.7 Å². The molecule has 1 unspecified atom stereocenters. The van der Waals surface area contributed by atoms with Crippen LogP contribution in [0, 0.1) is 24.5 Å². The standard InChI is InChI=1S/C18H22F2O3/c1-10-3-6-13(7-4-10)22-18(21)14-8-5-12-9-11(2)15(19)16(20)17(12)23-14/h9-10,13-14H,3-8H2,1-2H3. The van der Waals surface area contributed by atoms with E-state index in [9.17, 15) is 13.6 Å². The first-order chi connectivity index (χ1) is 11.0. The first kappa shape index (κ1) is 16.2. The van der Waals surface area contributed by atoms with Crippen LogP contribution in [0.15, 0.2) is 6.07 Å². The summed E-state index contributed by atoms with van der Waals surface area (Å²) in [5.41, 5.74) is 0.860. The molecule has 1 fully saturated rings. The Balaban J connectivity index is 1.67. The van der Waals surface area contributed by atoms with Crippen molar-refractivity contribution in [3.63, 3.8) is 0 Å². The summed E-state index contributed by atoms with van der Waals surface area (Å²) in [7, 11) is 0. The lowest BCUT2D eigenvalue weighted by Crippen LogP contribution is -2.36. The van der Waals surface area contributed by atoms with Crippen LogP contribution >= 0.6 is 0 Å². The van der Waals surface area contributed by atoms with E-state index in [2.05, 4.69) is 6.92 Å². The second-order valence-corrected chi connectivity index (χ2v) is 6.77. The van der Waals surface area contributed by atoms with E-state index in [0.29, 0.717) is 24.3 Å². The van der Waals surface area contributed by atoms with Crippen molar-refractivity contribution in [2.75, 3.05) is 0 Å². The SMILES string of the molecule is Cc1cc2c(c(F)c1F)OC(C(=O)OC1CCC(C)CC1)CC2. The molecule has 1 aliphatic carbocycles. The van der Waals surface area contributed by atoms with E-state index in [1.165, 1.54) is 6.92 Å². The second-order valence-electron chi connectivity index (χ2n) is 6.77. The third-order valence-corrected chi connectivity index (χ3v) is 4.87. The molecule has 1 atom stereocenters. The number of aryl methyl sites for hydroxylation is 2. The Kier molecular flexibility index (Phi) is 4.55. The number of benzene rings is 1. The van der Waals surface area contributed by atoms with E-state index in [1.807, 2.05) is 0 Å². The largest absolute Gasteiger partial charge is 0.475 e. The smallest absolute Gasteiger partial charge is 0.347 e. The third kappa shape index (κ3) is 3.33. The van der Waals surface area contributed by atoms with Crippen molar-refractivity contribution in [3.05, 3.63) is 28.8 Å². The van der Waals surface area contributed by atoms with Gasteiger partial charge in [0.05, 0.1) is 0 Å². The topological polar surface area (TPSA) is 35.5 Å². The molecular weight excluding hydrogens is 302 g/mol. The molecule has 0 saturated heterocycles. The highest BCUT2D eigenvalue weighted by atomic mass is 19.2. The molecule has 1 saturated carbocycles. The van der Waals surface area contributed by atoms with Crippen LogP contribution in [0.4, 0.5) is 8.78 Å². The van der Waals surface area contributed by atoms with E-state index in [0.717, 1.165) is 25.7 Å². The van der Waals surface area contributed by atoms with Gasteiger partial charge in [-0.05, 0) is 68.6 Å². The lowest BCUT2D eigenvalue weighted by atomic mass is 9.89. The highest BCUT2D eigenvalue weighted by molar-refractivity contribution is 5.76. The summed E-state index contributed by atoms with van der Waals surface area (Å²) in [6.07, 6.45) is 3.80. The van der Waals surface area contributed by atoms with Crippen LogP contribution in [0.25, 0.3) is 0 Å². The van der Waals surface area contributed by atoms with Gasteiger partial charge in [-0.1, -0.05) is 6.92 Å². The Bertz CT molecular complexity index is 607. The lowest BCUT2D eigenvalue weighted by Gasteiger charge is -2.30. The predicted molar refractivity (Wildman–Crippen MR) is 81.3 cm³/mol. The predicted octanol–water partition coefficient (Wildman–Crippen LogP) is 4.09. The first-order valence-corrected chi connectivity index (χ1v) is 8.30. The number of halogens is 2. The fourth-order valence-corrected chi connectivity index (χ4v) is 3.36. The third-order valence-electron chi connectivity index (χ3n) is 4.87. The number of hydrogen-bond donors (Lipinski definition) is 0. The van der Waals surface area contributed by atoms with Gasteiger partial charge in [0.25, 0.3) is 0 Å². The van der Waals surface area contributed by atoms with Crippen LogP contribution in [0.1, 0.15) is 50.2 Å². The molecule has 0 spiro atoms. The molecule has 3 rings (SSSR count). The molecule has 0 aromatic heterocycles. The van der Waals surface area contributed by atoms with Crippen LogP contribution in [-0.2, 0) is 16.0 Å². The Hall–Kier alpha value is -1.65. The number of carbonyl (C=O) groups is 1. The van der Waals surface area contributed by atoms with Crippen molar-refractivity contribution in [1.82, 2.24) is 0 Å². The molecule has 3 nitrogen and oxygen atoms in total. The van der Waals surface area contributed by atoms with Gasteiger partial charge in [0.2, 0.25) is 5.82 Å². The summed E-state index contributed by atoms with van der Waals surface area (Å²) < 4.78 is 38.7. The van der Waals surface area contributed by atoms with Crippen molar-refractivity contribution in [2.45, 2.75) is 64.6 Å². The summed E-state index contributed by atoms with van der Waals surface area (Å²) in [6.45, 7) is 3.71. The summed E-state index contributed by atoms with van der Waals surface area (Å²) >= 11 is 0. The van der Waals surface area contributed by atoms with Crippen LogP contribution in [0.5, 0.6) is 5.75 Å². The highest BCUT2D eigenvalue weighted by Gasteiger charge is 2.33. The minimum absolute atomic E-state index is 0.0803. The number of hydrogen-bond acceptors (Lipinski definition) is 3. The molecule has 23 heavy (non-hydrogen) atoms. The van der Waals surface area contributed by atoms with Gasteiger partial charge < -0.3 is 9.47 Å². The zero-order chi connectivity index (χ0) is 16.6. The average Bonchev–Trinajstić information content (AvgIpc) is 2.54. The highest BCUT2D eigenvalue weighted by Crippen LogP contribution is 2.34. The maximum Gasteiger partial charge on any atom is 0.347 e. The van der Waals surface area contributed by atoms with Gasteiger partial charge in [-0.3, -0.25) is 0 Å². The van der Waals surface area contributed by atoms with Crippen LogP contribution in [-0.4, -0.2) is 18.2 Å². The van der Waals surface area contributed by atoms with Gasteiger partial charge in [0.1, 0.15) is 6.10 Å². The molecule has 126 valence electrons. The Morgan fingerprint density at radius 1 is 1.17 bits per heavy atom. The second kappa shape index (κ2) is 6.46. The van der Waals surface area contributed by atoms with Crippen molar-refractivity contribution in [3.8, 4) is 5.75 Å². The van der Waals surface area contributed by atoms with Gasteiger partial charge in [0.15, 0.2) is 17.7 Å². The fourth-order valence-electron chi connectivity index (χ4n) is 3.36. The maximum absolute atomic E-state index is 14.0. The number of carbonyl (C=O) groups excluding carboxylic acids is 1. The molecule has 5 heteroatoms. The average molecular weight is 324 g/mol. The molecule has 1 aliphatic heterocycles. The van der Waals surface area contributed by atoms with Crippen molar-refractivity contribution in [2.24, 2.45) is 5.92 Å². The van der Waals surface area contributed by atoms with Gasteiger partial charge in [-0.25, -0.2) is 9.18 Å². The van der Waals surface area contributed by atoms with Crippen molar-refractivity contribution < 1.29 is 23.0 Å². The number of ether oxygens (including phenoxy) is 2. The number of esters is 1. The monoisotopic (exact) mass is 324 g/mol. The van der Waals surface area contributed by atoms with Gasteiger partial charge in [0, 0.05) is 0 Å². The van der Waals surface area contributed by atoms with E-state index >= 15 is 0 Å². The van der Waals surface area contributed by atoms with Crippen molar-refractivity contribution in [1.29, 1.82) is 0 Å². The van der Waals surface area contributed by atoms with E-state index in [-0.39, 0.29) is 17.4 Å². The molecular formula is C18H22F2O3. The Morgan fingerprint density at radius 2 is 1.87 bits per heavy atom. The molecule has 0 N–H and O–H groups in total. The molecule has 2 aliphatic rings. The number of fused-ring (bicyclic) bond motifs is 1. The van der Waals surface area contributed by atoms with Crippen LogP contribution < -0.4 is 4.74 Å². The summed E-state index contributed by atoms with van der Waals surface area (Å²) in [6, 6.07) is 1.58. The molecule has 0 bridgehead atoms. The zero-order valence-corrected chi connectivity index (χ0v) is 13.5. The Morgan fingerprint density at radius 3 is 2.57 bits per heavy atom. The molecule has 0 radical (unpaired) electrons. The molecule has 1 heterocycles. The minimum Gasteiger partial charge on any atom is -0.475 e. The first-order valence-electron chi connectivity index (χ1n) is 8.30. The Labute approximate surface area is 135 Å². The molecule has 0 amide bonds. The summed E-state index contributed by atoms with van der Waals surface area (Å²) in [4.78, 5) is 12.3. The van der Waals surface area contributed by atoms with Gasteiger partial charge in [-0.2, -0.15) is 4.39 Å². The minimum atomic E-state index is -1.01. The van der Waals surface area contributed by atoms with Gasteiger partial charge in [-0.15, -0.1) is 0 Å². The fraction of sp³-hybridized carbons (Fsp3) is 0.611. The molecule has 1 aromatic rings.